The molecule has 0 heterocycles. The molecule has 0 aromatic carbocycles. The molecule has 0 aromatic rings. The first-order valence-corrected chi connectivity index (χ1v) is 8.01. The standard InChI is InChI=1S/C16H29NO5/c1-12(2)7-5-3-4-6-8-13(19)11-15(20)17-14(9-10-18)16(21)22/h12,14,18H,3-11H2,1-2H3,(H,17,20)(H,21,22)/t14-/m0/s1. The summed E-state index contributed by atoms with van der Waals surface area (Å²) >= 11 is 0. The second kappa shape index (κ2) is 12.1. The monoisotopic (exact) mass is 315 g/mol. The Balaban J connectivity index is 3.81. The van der Waals surface area contributed by atoms with Crippen molar-refractivity contribution in [2.45, 2.75) is 71.3 Å². The lowest BCUT2D eigenvalue weighted by molar-refractivity contribution is -0.143. The lowest BCUT2D eigenvalue weighted by Crippen LogP contribution is -2.42. The summed E-state index contributed by atoms with van der Waals surface area (Å²) in [5.41, 5.74) is 0. The molecule has 22 heavy (non-hydrogen) atoms. The molecule has 0 rings (SSSR count). The maximum Gasteiger partial charge on any atom is 0.326 e. The van der Waals surface area contributed by atoms with E-state index in [0.717, 1.165) is 25.7 Å². The fourth-order valence-electron chi connectivity index (χ4n) is 2.13. The van der Waals surface area contributed by atoms with Gasteiger partial charge in [-0.3, -0.25) is 9.59 Å². The van der Waals surface area contributed by atoms with Crippen LogP contribution in [0.5, 0.6) is 0 Å². The van der Waals surface area contributed by atoms with E-state index in [-0.39, 0.29) is 25.2 Å². The molecule has 0 aromatic heterocycles. The Hall–Kier alpha value is -1.43. The molecular weight excluding hydrogens is 286 g/mol. The third kappa shape index (κ3) is 11.3. The van der Waals surface area contributed by atoms with Gasteiger partial charge < -0.3 is 15.5 Å². The maximum atomic E-state index is 11.6. The number of hydrogen-bond donors (Lipinski definition) is 3. The molecule has 0 unspecified atom stereocenters. The summed E-state index contributed by atoms with van der Waals surface area (Å²) in [4.78, 5) is 34.0. The number of aliphatic carboxylic acids is 1. The topological polar surface area (TPSA) is 104 Å². The van der Waals surface area contributed by atoms with E-state index < -0.39 is 17.9 Å². The van der Waals surface area contributed by atoms with Gasteiger partial charge in [0, 0.05) is 19.4 Å². The third-order valence-corrected chi connectivity index (χ3v) is 3.40. The van der Waals surface area contributed by atoms with Gasteiger partial charge in [-0.2, -0.15) is 0 Å². The molecule has 6 nitrogen and oxygen atoms in total. The van der Waals surface area contributed by atoms with Crippen molar-refractivity contribution in [3.63, 3.8) is 0 Å². The number of carbonyl (C=O) groups is 3. The molecule has 0 aliphatic carbocycles. The van der Waals surface area contributed by atoms with Crippen LogP contribution in [0.2, 0.25) is 0 Å². The molecule has 0 saturated heterocycles. The van der Waals surface area contributed by atoms with Gasteiger partial charge in [-0.05, 0) is 12.3 Å². The van der Waals surface area contributed by atoms with Crippen LogP contribution in [0.25, 0.3) is 0 Å². The molecule has 6 heteroatoms. The molecule has 128 valence electrons. The predicted octanol–water partition coefficient (Wildman–Crippen LogP) is 1.89. The molecule has 0 spiro atoms. The minimum Gasteiger partial charge on any atom is -0.480 e. The fraction of sp³-hybridized carbons (Fsp3) is 0.812. The molecule has 0 fully saturated rings. The first-order valence-electron chi connectivity index (χ1n) is 8.01. The number of ketones is 1. The summed E-state index contributed by atoms with van der Waals surface area (Å²) in [5.74, 6) is -1.27. The zero-order chi connectivity index (χ0) is 17.0. The van der Waals surface area contributed by atoms with Gasteiger partial charge in [0.05, 0.1) is 6.42 Å². The van der Waals surface area contributed by atoms with Crippen molar-refractivity contribution >= 4 is 17.7 Å². The second-order valence-electron chi connectivity index (χ2n) is 6.03. The van der Waals surface area contributed by atoms with Crippen LogP contribution in [0, 0.1) is 5.92 Å². The normalized spacial score (nSPS) is 12.2. The molecular formula is C16H29NO5. The number of rotatable bonds is 13. The fourth-order valence-corrected chi connectivity index (χ4v) is 2.13. The van der Waals surface area contributed by atoms with Crippen molar-refractivity contribution in [1.29, 1.82) is 0 Å². The van der Waals surface area contributed by atoms with E-state index in [9.17, 15) is 14.4 Å². The van der Waals surface area contributed by atoms with E-state index in [1.54, 1.807) is 0 Å². The summed E-state index contributed by atoms with van der Waals surface area (Å²) in [6.07, 6.45) is 5.19. The lowest BCUT2D eigenvalue weighted by Gasteiger charge is -2.12. The quantitative estimate of drug-likeness (QED) is 0.356. The van der Waals surface area contributed by atoms with Crippen molar-refractivity contribution in [3.8, 4) is 0 Å². The van der Waals surface area contributed by atoms with Crippen LogP contribution in [-0.4, -0.2) is 40.5 Å². The van der Waals surface area contributed by atoms with Crippen LogP contribution < -0.4 is 5.32 Å². The highest BCUT2D eigenvalue weighted by atomic mass is 16.4. The second-order valence-corrected chi connectivity index (χ2v) is 6.03. The number of nitrogens with one attached hydrogen (secondary N) is 1. The van der Waals surface area contributed by atoms with Crippen LogP contribution >= 0.6 is 0 Å². The van der Waals surface area contributed by atoms with Crippen LogP contribution in [0.1, 0.15) is 65.2 Å². The van der Waals surface area contributed by atoms with Crippen molar-refractivity contribution in [1.82, 2.24) is 5.32 Å². The zero-order valence-corrected chi connectivity index (χ0v) is 13.6. The van der Waals surface area contributed by atoms with E-state index >= 15 is 0 Å². The predicted molar refractivity (Wildman–Crippen MR) is 83.4 cm³/mol. The average Bonchev–Trinajstić information content (AvgIpc) is 2.41. The van der Waals surface area contributed by atoms with Gasteiger partial charge in [0.25, 0.3) is 0 Å². The van der Waals surface area contributed by atoms with E-state index in [4.69, 9.17) is 10.2 Å². The Labute approximate surface area is 132 Å². The Morgan fingerprint density at radius 3 is 2.18 bits per heavy atom. The highest BCUT2D eigenvalue weighted by Gasteiger charge is 2.20. The van der Waals surface area contributed by atoms with Crippen LogP contribution in [0.4, 0.5) is 0 Å². The van der Waals surface area contributed by atoms with Gasteiger partial charge in [-0.15, -0.1) is 0 Å². The maximum absolute atomic E-state index is 11.6. The Morgan fingerprint density at radius 1 is 1.00 bits per heavy atom. The van der Waals surface area contributed by atoms with Crippen molar-refractivity contribution in [3.05, 3.63) is 0 Å². The number of carboxylic acids is 1. The molecule has 1 amide bonds. The number of aliphatic hydroxyl groups excluding tert-OH is 1. The minimum atomic E-state index is -1.21. The van der Waals surface area contributed by atoms with Crippen molar-refractivity contribution < 1.29 is 24.6 Å². The summed E-state index contributed by atoms with van der Waals surface area (Å²) in [7, 11) is 0. The summed E-state index contributed by atoms with van der Waals surface area (Å²) < 4.78 is 0. The summed E-state index contributed by atoms with van der Waals surface area (Å²) in [6, 6.07) is -1.14. The largest absolute Gasteiger partial charge is 0.480 e. The smallest absolute Gasteiger partial charge is 0.326 e. The first kappa shape index (κ1) is 20.6. The molecule has 0 radical (unpaired) electrons. The highest BCUT2D eigenvalue weighted by molar-refractivity contribution is 5.99. The molecule has 0 bridgehead atoms. The van der Waals surface area contributed by atoms with Crippen LogP contribution in [0.15, 0.2) is 0 Å². The van der Waals surface area contributed by atoms with Gasteiger partial charge in [0.15, 0.2) is 0 Å². The van der Waals surface area contributed by atoms with Crippen molar-refractivity contribution in [2.75, 3.05) is 6.61 Å². The van der Waals surface area contributed by atoms with Crippen LogP contribution in [0.3, 0.4) is 0 Å². The third-order valence-electron chi connectivity index (χ3n) is 3.40. The van der Waals surface area contributed by atoms with Crippen LogP contribution in [-0.2, 0) is 14.4 Å². The first-order chi connectivity index (χ1) is 10.4. The van der Waals surface area contributed by atoms with Gasteiger partial charge in [0.2, 0.25) is 5.91 Å². The van der Waals surface area contributed by atoms with Gasteiger partial charge in [0.1, 0.15) is 11.8 Å². The number of hydrogen-bond acceptors (Lipinski definition) is 4. The zero-order valence-electron chi connectivity index (χ0n) is 13.6. The summed E-state index contributed by atoms with van der Waals surface area (Å²) in [6.45, 7) is 4.04. The number of amides is 1. The Morgan fingerprint density at radius 2 is 1.64 bits per heavy atom. The minimum absolute atomic E-state index is 0.0644. The van der Waals surface area contributed by atoms with E-state index in [2.05, 4.69) is 19.2 Å². The Kier molecular flexibility index (Phi) is 11.4. The number of aliphatic hydroxyl groups is 1. The summed E-state index contributed by atoms with van der Waals surface area (Å²) in [5, 5.41) is 19.8. The number of carboxylic acid groups (broad SMARTS) is 1. The number of Topliss-reactive ketones (excluding diaryl/α,β-unsaturated/α-hetero) is 1. The molecule has 0 saturated carbocycles. The number of carbonyl (C=O) groups excluding carboxylic acids is 2. The molecule has 0 aliphatic heterocycles. The van der Waals surface area contributed by atoms with Gasteiger partial charge in [-0.25, -0.2) is 4.79 Å². The molecule has 0 aliphatic rings. The van der Waals surface area contributed by atoms with Gasteiger partial charge >= 0.3 is 5.97 Å². The average molecular weight is 315 g/mol. The highest BCUT2D eigenvalue weighted by Crippen LogP contribution is 2.11. The van der Waals surface area contributed by atoms with Gasteiger partial charge in [-0.1, -0.05) is 39.5 Å². The SMILES string of the molecule is CC(C)CCCCCCC(=O)CC(=O)N[C@@H](CCO)C(=O)O. The lowest BCUT2D eigenvalue weighted by atomic mass is 10.0. The Bertz CT molecular complexity index is 354. The number of unbranched alkanes of at least 4 members (excludes halogenated alkanes) is 3. The molecule has 3 N–H and O–H groups in total. The van der Waals surface area contributed by atoms with Crippen molar-refractivity contribution in [2.24, 2.45) is 5.92 Å². The molecule has 1 atom stereocenters. The van der Waals surface area contributed by atoms with E-state index in [0.29, 0.717) is 12.3 Å². The van der Waals surface area contributed by atoms with E-state index in [1.807, 2.05) is 0 Å². The van der Waals surface area contributed by atoms with E-state index in [1.165, 1.54) is 6.42 Å².